The summed E-state index contributed by atoms with van der Waals surface area (Å²) in [4.78, 5) is 24.4. The van der Waals surface area contributed by atoms with Crippen LogP contribution < -0.4 is 20.2 Å². The molecule has 33 heavy (non-hydrogen) atoms. The van der Waals surface area contributed by atoms with Gasteiger partial charge < -0.3 is 14.8 Å². The molecule has 0 atom stereocenters. The average molecular weight is 466 g/mol. The molecule has 0 bridgehead atoms. The molecule has 170 valence electrons. The second-order valence-corrected chi connectivity index (χ2v) is 7.43. The number of nitrogens with one attached hydrogen (secondary N) is 2. The summed E-state index contributed by atoms with van der Waals surface area (Å²) in [5.41, 5.74) is 5.29. The Balaban J connectivity index is 1.60. The SMILES string of the molecule is CCOc1cc(/C=N/NC(=O)c2ccc(C)cc2)ccc1OCC(=O)Nc1ccccc1Cl. The highest BCUT2D eigenvalue weighted by Gasteiger charge is 2.10. The molecule has 3 rings (SSSR count). The number of halogens is 1. The Morgan fingerprint density at radius 1 is 1.00 bits per heavy atom. The fourth-order valence-corrected chi connectivity index (χ4v) is 3.00. The molecule has 0 saturated heterocycles. The lowest BCUT2D eigenvalue weighted by atomic mass is 10.1. The van der Waals surface area contributed by atoms with Crippen LogP contribution in [0, 0.1) is 6.92 Å². The van der Waals surface area contributed by atoms with Crippen molar-refractivity contribution >= 4 is 35.3 Å². The van der Waals surface area contributed by atoms with Gasteiger partial charge in [-0.25, -0.2) is 5.43 Å². The van der Waals surface area contributed by atoms with E-state index >= 15 is 0 Å². The highest BCUT2D eigenvalue weighted by molar-refractivity contribution is 6.33. The van der Waals surface area contributed by atoms with Crippen LogP contribution in [0.1, 0.15) is 28.4 Å². The van der Waals surface area contributed by atoms with Crippen molar-refractivity contribution in [1.29, 1.82) is 0 Å². The Morgan fingerprint density at radius 2 is 1.76 bits per heavy atom. The molecule has 3 aromatic carbocycles. The van der Waals surface area contributed by atoms with Crippen LogP contribution in [-0.4, -0.2) is 31.2 Å². The van der Waals surface area contributed by atoms with Gasteiger partial charge in [-0.1, -0.05) is 41.4 Å². The van der Waals surface area contributed by atoms with E-state index in [4.69, 9.17) is 21.1 Å². The van der Waals surface area contributed by atoms with Gasteiger partial charge in [-0.2, -0.15) is 5.10 Å². The predicted molar refractivity (Wildman–Crippen MR) is 129 cm³/mol. The van der Waals surface area contributed by atoms with Crippen LogP contribution in [0.5, 0.6) is 11.5 Å². The molecular weight excluding hydrogens is 442 g/mol. The van der Waals surface area contributed by atoms with Crippen molar-refractivity contribution in [2.24, 2.45) is 5.10 Å². The fourth-order valence-electron chi connectivity index (χ4n) is 2.82. The molecule has 0 aliphatic heterocycles. The van der Waals surface area contributed by atoms with Crippen LogP contribution in [0.2, 0.25) is 5.02 Å². The van der Waals surface area contributed by atoms with Crippen LogP contribution in [0.3, 0.4) is 0 Å². The summed E-state index contributed by atoms with van der Waals surface area (Å²) in [6.07, 6.45) is 1.50. The lowest BCUT2D eigenvalue weighted by Crippen LogP contribution is -2.20. The minimum Gasteiger partial charge on any atom is -0.490 e. The van der Waals surface area contributed by atoms with Crippen molar-refractivity contribution in [3.63, 3.8) is 0 Å². The Bertz CT molecular complexity index is 1150. The molecule has 7 nitrogen and oxygen atoms in total. The molecule has 3 aromatic rings. The van der Waals surface area contributed by atoms with Crippen LogP contribution in [0.25, 0.3) is 0 Å². The third-order valence-corrected chi connectivity index (χ3v) is 4.80. The Kier molecular flexibility index (Phi) is 8.43. The lowest BCUT2D eigenvalue weighted by Gasteiger charge is -2.13. The van der Waals surface area contributed by atoms with Gasteiger partial charge >= 0.3 is 0 Å². The third kappa shape index (κ3) is 7.08. The van der Waals surface area contributed by atoms with Gasteiger partial charge in [-0.3, -0.25) is 9.59 Å². The maximum absolute atomic E-state index is 12.2. The van der Waals surface area contributed by atoms with E-state index in [1.807, 2.05) is 26.0 Å². The summed E-state index contributed by atoms with van der Waals surface area (Å²) in [6.45, 7) is 3.99. The molecule has 8 heteroatoms. The second kappa shape index (κ2) is 11.7. The number of hydrogen-bond acceptors (Lipinski definition) is 5. The van der Waals surface area contributed by atoms with E-state index in [1.54, 1.807) is 54.6 Å². The standard InChI is InChI=1S/C25H24ClN3O4/c1-3-32-23-14-18(15-27-29-25(31)19-11-8-17(2)9-12-19)10-13-22(23)33-16-24(30)28-21-7-5-4-6-20(21)26/h4-15H,3,16H2,1-2H3,(H,28,30)(H,29,31)/b27-15+. The maximum atomic E-state index is 12.2. The normalized spacial score (nSPS) is 10.6. The third-order valence-electron chi connectivity index (χ3n) is 4.47. The monoisotopic (exact) mass is 465 g/mol. The summed E-state index contributed by atoms with van der Waals surface area (Å²) >= 11 is 6.06. The number of rotatable bonds is 9. The van der Waals surface area contributed by atoms with E-state index in [0.717, 1.165) is 5.56 Å². The van der Waals surface area contributed by atoms with Gasteiger partial charge in [0.2, 0.25) is 0 Å². The Labute approximate surface area is 197 Å². The molecule has 0 aliphatic rings. The first kappa shape index (κ1) is 23.8. The maximum Gasteiger partial charge on any atom is 0.271 e. The first-order valence-corrected chi connectivity index (χ1v) is 10.7. The zero-order valence-electron chi connectivity index (χ0n) is 18.3. The molecule has 0 fully saturated rings. The van der Waals surface area contributed by atoms with Crippen LogP contribution >= 0.6 is 11.6 Å². The largest absolute Gasteiger partial charge is 0.490 e. The van der Waals surface area contributed by atoms with Gasteiger partial charge in [0.25, 0.3) is 11.8 Å². The Hall–Kier alpha value is -3.84. The topological polar surface area (TPSA) is 89.0 Å². The van der Waals surface area contributed by atoms with Gasteiger partial charge in [0.15, 0.2) is 18.1 Å². The van der Waals surface area contributed by atoms with E-state index in [-0.39, 0.29) is 18.4 Å². The molecule has 2 N–H and O–H groups in total. The zero-order valence-corrected chi connectivity index (χ0v) is 19.1. The molecule has 0 aromatic heterocycles. The molecule has 0 saturated carbocycles. The zero-order chi connectivity index (χ0) is 23.6. The second-order valence-electron chi connectivity index (χ2n) is 7.02. The summed E-state index contributed by atoms with van der Waals surface area (Å²) in [6, 6.07) is 19.3. The van der Waals surface area contributed by atoms with E-state index in [2.05, 4.69) is 15.8 Å². The number of para-hydroxylation sites is 1. The molecule has 0 heterocycles. The van der Waals surface area contributed by atoms with Crippen molar-refractivity contribution in [1.82, 2.24) is 5.43 Å². The number of aryl methyl sites for hydroxylation is 1. The molecule has 0 radical (unpaired) electrons. The minimum absolute atomic E-state index is 0.217. The number of amides is 2. The van der Waals surface area contributed by atoms with E-state index in [0.29, 0.717) is 39.9 Å². The van der Waals surface area contributed by atoms with Crippen LogP contribution in [0.15, 0.2) is 71.8 Å². The number of benzene rings is 3. The van der Waals surface area contributed by atoms with Crippen molar-refractivity contribution in [3.05, 3.63) is 88.4 Å². The van der Waals surface area contributed by atoms with Gasteiger partial charge in [-0.15, -0.1) is 0 Å². The summed E-state index contributed by atoms with van der Waals surface area (Å²) in [5.74, 6) is 0.208. The van der Waals surface area contributed by atoms with Crippen molar-refractivity contribution in [2.75, 3.05) is 18.5 Å². The van der Waals surface area contributed by atoms with Crippen molar-refractivity contribution < 1.29 is 19.1 Å². The summed E-state index contributed by atoms with van der Waals surface area (Å²) in [7, 11) is 0. The number of anilines is 1. The fraction of sp³-hybridized carbons (Fsp3) is 0.160. The average Bonchev–Trinajstić information content (AvgIpc) is 2.80. The quantitative estimate of drug-likeness (QED) is 0.350. The molecular formula is C25H24ClN3O4. The summed E-state index contributed by atoms with van der Waals surface area (Å²) < 4.78 is 11.3. The van der Waals surface area contributed by atoms with Gasteiger partial charge in [0, 0.05) is 5.56 Å². The lowest BCUT2D eigenvalue weighted by molar-refractivity contribution is -0.118. The molecule has 0 aliphatic carbocycles. The highest BCUT2D eigenvalue weighted by Crippen LogP contribution is 2.28. The van der Waals surface area contributed by atoms with Gasteiger partial charge in [0.05, 0.1) is 23.5 Å². The molecule has 2 amide bonds. The predicted octanol–water partition coefficient (Wildman–Crippen LogP) is 4.83. The smallest absolute Gasteiger partial charge is 0.271 e. The molecule has 0 spiro atoms. The van der Waals surface area contributed by atoms with Gasteiger partial charge in [-0.05, 0) is 61.9 Å². The van der Waals surface area contributed by atoms with Gasteiger partial charge in [0.1, 0.15) is 0 Å². The van der Waals surface area contributed by atoms with E-state index < -0.39 is 0 Å². The van der Waals surface area contributed by atoms with Crippen LogP contribution in [-0.2, 0) is 4.79 Å². The number of carbonyl (C=O) groups excluding carboxylic acids is 2. The van der Waals surface area contributed by atoms with Crippen molar-refractivity contribution in [3.8, 4) is 11.5 Å². The van der Waals surface area contributed by atoms with Crippen molar-refractivity contribution in [2.45, 2.75) is 13.8 Å². The minimum atomic E-state index is -0.352. The number of ether oxygens (including phenoxy) is 2. The van der Waals surface area contributed by atoms with Crippen LogP contribution in [0.4, 0.5) is 5.69 Å². The highest BCUT2D eigenvalue weighted by atomic mass is 35.5. The van der Waals surface area contributed by atoms with E-state index in [1.165, 1.54) is 6.21 Å². The molecule has 0 unspecified atom stereocenters. The van der Waals surface area contributed by atoms with E-state index in [9.17, 15) is 9.59 Å². The number of carbonyl (C=O) groups is 2. The number of nitrogens with zero attached hydrogens (tertiary/aromatic N) is 1. The first-order chi connectivity index (χ1) is 16.0. The summed E-state index contributed by atoms with van der Waals surface area (Å²) in [5, 5.41) is 7.15. The number of hydrazone groups is 1. The number of hydrogen-bond donors (Lipinski definition) is 2. The Morgan fingerprint density at radius 3 is 2.48 bits per heavy atom. The first-order valence-electron chi connectivity index (χ1n) is 10.3.